The molecule has 17 aromatic carbocycles. The van der Waals surface area contributed by atoms with Crippen LogP contribution in [0.15, 0.2) is 376 Å². The first-order chi connectivity index (χ1) is 54.1. The first-order valence-electron chi connectivity index (χ1n) is 38.4. The average molecular weight is 1380 g/mol. The monoisotopic (exact) mass is 1380 g/mol. The Labute approximate surface area is 631 Å². The molecule has 0 atom stereocenters. The molecule has 4 heteroatoms. The maximum Gasteiger partial charge on any atom is 0.252 e. The molecular weight excluding hydrogens is 1310 g/mol. The van der Waals surface area contributed by atoms with Crippen LogP contribution in [0.25, 0.3) is 105 Å². The van der Waals surface area contributed by atoms with Gasteiger partial charge in [-0.3, -0.25) is 0 Å². The minimum atomic E-state index is -0.719. The molecule has 0 saturated heterocycles. The van der Waals surface area contributed by atoms with Gasteiger partial charge in [0.2, 0.25) is 0 Å². The van der Waals surface area contributed by atoms with Gasteiger partial charge in [-0.15, -0.1) is 0 Å². The lowest BCUT2D eigenvalue weighted by Gasteiger charge is -2.47. The predicted molar refractivity (Wildman–Crippen MR) is 449 cm³/mol. The minimum absolute atomic E-state index is 0.320. The summed E-state index contributed by atoms with van der Waals surface area (Å²) in [7, 11) is 0. The molecule has 0 radical (unpaired) electrons. The van der Waals surface area contributed by atoms with Crippen molar-refractivity contribution in [3.05, 3.63) is 443 Å². The summed E-state index contributed by atoms with van der Waals surface area (Å²) >= 11 is 0. The number of hydrogen-bond donors (Lipinski definition) is 0. The number of fused-ring (bicyclic) bond motifs is 39. The van der Waals surface area contributed by atoms with Crippen LogP contribution in [0.2, 0.25) is 0 Å². The second-order valence-electron chi connectivity index (χ2n) is 31.0. The third-order valence-corrected chi connectivity index (χ3v) is 26.6. The minimum Gasteiger partial charge on any atom is -0.311 e. The van der Waals surface area contributed by atoms with Crippen LogP contribution >= 0.6 is 0 Å². The molecule has 109 heavy (non-hydrogen) atoms. The molecule has 18 aromatic rings. The van der Waals surface area contributed by atoms with E-state index in [2.05, 4.69) is 390 Å². The molecule has 26 rings (SSSR count). The highest BCUT2D eigenvalue weighted by molar-refractivity contribution is 7.01. The Balaban J connectivity index is 0.856. The first-order valence-corrected chi connectivity index (χ1v) is 38.4. The Hall–Kier alpha value is -13.8. The molecule has 2 aliphatic heterocycles. The Morgan fingerprint density at radius 3 is 1.10 bits per heavy atom. The van der Waals surface area contributed by atoms with Gasteiger partial charge in [0.15, 0.2) is 0 Å². The average Bonchev–Trinajstić information content (AvgIpc) is 1.55. The predicted octanol–water partition coefficient (Wildman–Crippen LogP) is 23.6. The van der Waals surface area contributed by atoms with Gasteiger partial charge in [-0.1, -0.05) is 322 Å². The molecule has 0 N–H and O–H groups in total. The summed E-state index contributed by atoms with van der Waals surface area (Å²) in [5.41, 5.74) is 45.8. The van der Waals surface area contributed by atoms with E-state index >= 15 is 0 Å². The van der Waals surface area contributed by atoms with E-state index in [-0.39, 0.29) is 6.71 Å². The summed E-state index contributed by atoms with van der Waals surface area (Å²) in [5.74, 6) is 0. The van der Waals surface area contributed by atoms with Crippen molar-refractivity contribution in [3.63, 3.8) is 0 Å². The zero-order chi connectivity index (χ0) is 70.7. The van der Waals surface area contributed by atoms with Crippen molar-refractivity contribution in [2.24, 2.45) is 0 Å². The third-order valence-electron chi connectivity index (χ3n) is 26.6. The first kappa shape index (κ1) is 58.5. The molecular formula is C105H62BN3. The van der Waals surface area contributed by atoms with E-state index in [0.29, 0.717) is 0 Å². The lowest BCUT2D eigenvalue weighted by atomic mass is 9.32. The molecule has 1 aromatic heterocycles. The van der Waals surface area contributed by atoms with Crippen LogP contribution in [-0.4, -0.2) is 11.3 Å². The van der Waals surface area contributed by atoms with Gasteiger partial charge in [0.1, 0.15) is 0 Å². The van der Waals surface area contributed by atoms with E-state index in [0.717, 1.165) is 39.5 Å². The van der Waals surface area contributed by atoms with Crippen LogP contribution in [0.1, 0.15) is 66.8 Å². The van der Waals surface area contributed by atoms with E-state index in [1.165, 1.54) is 183 Å². The van der Waals surface area contributed by atoms with Crippen molar-refractivity contribution >= 4 is 79.0 Å². The molecule has 0 bridgehead atoms. The maximum absolute atomic E-state index is 2.76. The zero-order valence-electron chi connectivity index (χ0n) is 59.2. The second-order valence-corrected chi connectivity index (χ2v) is 31.0. The fourth-order valence-corrected chi connectivity index (χ4v) is 22.9. The highest BCUT2D eigenvalue weighted by atomic mass is 15.2. The fourth-order valence-electron chi connectivity index (χ4n) is 22.9. The van der Waals surface area contributed by atoms with Gasteiger partial charge in [0.25, 0.3) is 6.71 Å². The van der Waals surface area contributed by atoms with E-state index in [1.54, 1.807) is 0 Å². The molecule has 0 amide bonds. The van der Waals surface area contributed by atoms with Crippen LogP contribution in [-0.2, 0) is 16.2 Å². The standard InChI is InChI=1S/C105H62BN3/c1-2-26-63(27-3-1)64-50-52-65(53-51-64)109-97-62-67(108-93-48-24-13-36-77(93)78-37-14-25-49-94(78)108)61-96-100(97)106(92-58-56-79-75-35-11-22-46-88(75)105(99(79)102(92)109)86-44-20-9-32-72(86)73-33-10-21-45-87(73)105)101-95(59-57-90-98(101)80-38-12-23-47-89(80)103(90)81-39-15-4-28-68(81)69-29-5-16-40-82(69)103)107(96)66-54-55-76-74-34-8-19-43-85(74)104(91(76)60-66)83-41-17-6-30-70(83)71-31-7-18-42-84(71)104/h1-62H. The van der Waals surface area contributed by atoms with E-state index in [4.69, 9.17) is 0 Å². The zero-order valence-corrected chi connectivity index (χ0v) is 59.2. The van der Waals surface area contributed by atoms with Gasteiger partial charge in [-0.05, 0) is 210 Å². The van der Waals surface area contributed by atoms with Crippen molar-refractivity contribution in [1.29, 1.82) is 0 Å². The molecule has 0 unspecified atom stereocenters. The van der Waals surface area contributed by atoms with Crippen molar-refractivity contribution in [3.8, 4) is 83.6 Å². The van der Waals surface area contributed by atoms with Gasteiger partial charge in [0.05, 0.1) is 33.0 Å². The molecule has 0 fully saturated rings. The van der Waals surface area contributed by atoms with Crippen molar-refractivity contribution in [2.45, 2.75) is 16.2 Å². The third kappa shape index (κ3) is 6.92. The van der Waals surface area contributed by atoms with E-state index < -0.39 is 16.2 Å². The topological polar surface area (TPSA) is 11.4 Å². The SMILES string of the molecule is c1ccc(-c2ccc(N3c4cc(-n5c6ccccc6c6ccccc65)cc5c4B(c4ccc6c(c43)C3(c4ccccc4-c4ccccc43)c3ccccc3-6)c3c(ccc4c3-c3ccccc3C43c4ccccc4-c4ccccc43)N5c3ccc4c(c3)C3(c5ccccc5-c5ccccc53)c3ccccc3-4)cc2)cc1. The summed E-state index contributed by atoms with van der Waals surface area (Å²) < 4.78 is 2.57. The van der Waals surface area contributed by atoms with Crippen LogP contribution in [0.4, 0.5) is 34.1 Å². The largest absolute Gasteiger partial charge is 0.311 e. The molecule has 3 heterocycles. The van der Waals surface area contributed by atoms with Gasteiger partial charge in [-0.25, -0.2) is 0 Å². The molecule has 0 saturated carbocycles. The number of benzene rings is 17. The van der Waals surface area contributed by atoms with Crippen LogP contribution in [0, 0.1) is 0 Å². The lowest BCUT2D eigenvalue weighted by Crippen LogP contribution is -2.62. The molecule has 3 nitrogen and oxygen atoms in total. The van der Waals surface area contributed by atoms with Gasteiger partial charge in [0, 0.05) is 50.5 Å². The second kappa shape index (κ2) is 20.8. The molecule has 500 valence electrons. The quantitative estimate of drug-likeness (QED) is 0.163. The Bertz CT molecular complexity index is 6930. The normalized spacial score (nSPS) is 15.0. The molecule has 6 aliphatic carbocycles. The van der Waals surface area contributed by atoms with Crippen LogP contribution in [0.5, 0.6) is 0 Å². The summed E-state index contributed by atoms with van der Waals surface area (Å²) in [6.45, 7) is -0.320. The number of para-hydroxylation sites is 2. The smallest absolute Gasteiger partial charge is 0.252 e. The van der Waals surface area contributed by atoms with Gasteiger partial charge in [-0.2, -0.15) is 0 Å². The summed E-state index contributed by atoms with van der Waals surface area (Å²) in [6, 6.07) is 146. The van der Waals surface area contributed by atoms with Crippen molar-refractivity contribution in [1.82, 2.24) is 4.57 Å². The van der Waals surface area contributed by atoms with Gasteiger partial charge < -0.3 is 14.4 Å². The van der Waals surface area contributed by atoms with Crippen molar-refractivity contribution < 1.29 is 0 Å². The van der Waals surface area contributed by atoms with Crippen molar-refractivity contribution in [2.75, 3.05) is 9.80 Å². The number of anilines is 6. The number of hydrogen-bond acceptors (Lipinski definition) is 2. The van der Waals surface area contributed by atoms with Crippen LogP contribution < -0.4 is 26.2 Å². The molecule has 8 aliphatic rings. The highest BCUT2D eigenvalue weighted by Gasteiger charge is 2.59. The molecule has 3 spiro atoms. The maximum atomic E-state index is 2.76. The summed E-state index contributed by atoms with van der Waals surface area (Å²) in [6.07, 6.45) is 0. The fraction of sp³-hybridized carbons (Fsp3) is 0.0286. The summed E-state index contributed by atoms with van der Waals surface area (Å²) in [5, 5.41) is 2.44. The lowest BCUT2D eigenvalue weighted by molar-refractivity contribution is 0.793. The number of rotatable bonds is 4. The Kier molecular flexibility index (Phi) is 11.2. The Morgan fingerprint density at radius 1 is 0.220 bits per heavy atom. The number of aromatic nitrogens is 1. The summed E-state index contributed by atoms with van der Waals surface area (Å²) in [4.78, 5) is 5.50. The van der Waals surface area contributed by atoms with E-state index in [9.17, 15) is 0 Å². The highest BCUT2D eigenvalue weighted by Crippen LogP contribution is 2.69. The van der Waals surface area contributed by atoms with E-state index in [1.807, 2.05) is 0 Å². The number of nitrogens with zero attached hydrogens (tertiary/aromatic N) is 3. The van der Waals surface area contributed by atoms with Gasteiger partial charge >= 0.3 is 0 Å². The van der Waals surface area contributed by atoms with Crippen LogP contribution in [0.3, 0.4) is 0 Å². The Morgan fingerprint density at radius 2 is 0.596 bits per heavy atom.